The van der Waals surface area contributed by atoms with Crippen LogP contribution in [0.2, 0.25) is 5.02 Å². The van der Waals surface area contributed by atoms with E-state index in [-0.39, 0.29) is 60.5 Å². The number of carbonyl (C=O) groups excluding carboxylic acids is 5. The highest BCUT2D eigenvalue weighted by Crippen LogP contribution is 2.44. The van der Waals surface area contributed by atoms with Crippen LogP contribution in [0, 0.1) is 32.5 Å². The van der Waals surface area contributed by atoms with Gasteiger partial charge in [-0.05, 0) is 87.8 Å². The number of nitrogens with zero attached hydrogens (tertiary/aromatic N) is 7. The third-order valence-electron chi connectivity index (χ3n) is 13.6. The number of carbonyl (C=O) groups is 5. The molecule has 60 heavy (non-hydrogen) atoms. The molecule has 2 N–H and O–H groups in total. The van der Waals surface area contributed by atoms with Gasteiger partial charge in [-0.25, -0.2) is 4.39 Å². The lowest BCUT2D eigenvalue weighted by Gasteiger charge is -2.58. The molecule has 0 saturated carbocycles. The Morgan fingerprint density at radius 2 is 1.65 bits per heavy atom. The second kappa shape index (κ2) is 14.9. The highest BCUT2D eigenvalue weighted by Gasteiger charge is 2.49. The molecule has 5 atom stereocenters. The number of likely N-dealkylation sites (tertiary alicyclic amines) is 1. The molecule has 2 bridgehead atoms. The van der Waals surface area contributed by atoms with E-state index in [1.54, 1.807) is 11.3 Å². The van der Waals surface area contributed by atoms with Crippen molar-refractivity contribution in [2.24, 2.45) is 5.92 Å². The maximum absolute atomic E-state index is 15.7. The maximum atomic E-state index is 15.7. The van der Waals surface area contributed by atoms with Gasteiger partial charge in [0.15, 0.2) is 5.82 Å². The summed E-state index contributed by atoms with van der Waals surface area (Å²) >= 11 is 8.02. The quantitative estimate of drug-likeness (QED) is 0.249. The summed E-state index contributed by atoms with van der Waals surface area (Å²) in [6.45, 7) is 9.95. The van der Waals surface area contributed by atoms with Crippen LogP contribution in [0.25, 0.3) is 5.00 Å². The first-order valence-corrected chi connectivity index (χ1v) is 21.9. The topological polar surface area (TPSA) is 153 Å². The first-order chi connectivity index (χ1) is 28.8. The first-order valence-electron chi connectivity index (χ1n) is 20.7. The van der Waals surface area contributed by atoms with Crippen molar-refractivity contribution >= 4 is 58.2 Å². The number of benzene rings is 2. The largest absolute Gasteiger partial charge is 0.360 e. The van der Waals surface area contributed by atoms with Crippen LogP contribution in [0.3, 0.4) is 0 Å². The van der Waals surface area contributed by atoms with Crippen LogP contribution in [0.5, 0.6) is 0 Å². The summed E-state index contributed by atoms with van der Waals surface area (Å²) in [5, 5.41) is 16.8. The van der Waals surface area contributed by atoms with Gasteiger partial charge < -0.3 is 9.80 Å². The molecule has 5 amide bonds. The fourth-order valence-corrected chi connectivity index (χ4v) is 11.7. The van der Waals surface area contributed by atoms with Crippen molar-refractivity contribution in [2.75, 3.05) is 37.6 Å². The maximum Gasteiger partial charge on any atom is 0.262 e. The molecule has 312 valence electrons. The van der Waals surface area contributed by atoms with Crippen LogP contribution in [0.4, 0.5) is 10.1 Å². The van der Waals surface area contributed by atoms with E-state index in [0.717, 1.165) is 72.1 Å². The van der Waals surface area contributed by atoms with E-state index in [0.29, 0.717) is 29.7 Å². The van der Waals surface area contributed by atoms with Crippen molar-refractivity contribution in [2.45, 2.75) is 89.5 Å². The molecular weight excluding hydrogens is 809 g/mol. The number of aryl methyl sites for hydroxylation is 2. The van der Waals surface area contributed by atoms with Gasteiger partial charge in [0, 0.05) is 73.1 Å². The van der Waals surface area contributed by atoms with E-state index in [1.807, 2.05) is 41.0 Å². The van der Waals surface area contributed by atoms with Crippen LogP contribution in [0.15, 0.2) is 36.4 Å². The standard InChI is InChI=1S/C43H45ClFN9O5S/c1-21-22(2)60-43-37(21)38(25-4-6-26(44)7-5-25)46-32(39-49-48-23(3)52(39)43)17-36(56)51-12-10-24(11-13-51)18-50-19-27-14-28(20-50)53(27)34-16-30-29(15-31(34)45)41(58)54(42(30)59)33-8-9-35(55)47-40(33)57/h4-7,15-16,24,27-28,32-33,38,46H,8-14,17-20H2,1-3H3,(H,47,55,57)/t27?,28?,32?,33?,38-/m0/s1. The van der Waals surface area contributed by atoms with E-state index < -0.39 is 35.5 Å². The van der Waals surface area contributed by atoms with Crippen LogP contribution in [0.1, 0.15) is 105 Å². The summed E-state index contributed by atoms with van der Waals surface area (Å²) in [6.07, 6.45) is 2.98. The Labute approximate surface area is 355 Å². The Balaban J connectivity index is 0.771. The molecule has 11 rings (SSSR count). The summed E-state index contributed by atoms with van der Waals surface area (Å²) in [6, 6.07) is 8.95. The van der Waals surface area contributed by atoms with E-state index >= 15 is 4.39 Å². The molecule has 9 heterocycles. The van der Waals surface area contributed by atoms with Gasteiger partial charge in [0.05, 0.1) is 28.9 Å². The second-order valence-corrected chi connectivity index (χ2v) is 18.8. The summed E-state index contributed by atoms with van der Waals surface area (Å²) in [7, 11) is 0. The molecular formula is C43H45ClFN9O5S. The molecule has 14 nitrogen and oxygen atoms in total. The number of fused-ring (bicyclic) bond motifs is 6. The molecule has 2 aromatic heterocycles. The van der Waals surface area contributed by atoms with E-state index in [9.17, 15) is 24.0 Å². The molecule has 7 aliphatic heterocycles. The summed E-state index contributed by atoms with van der Waals surface area (Å²) in [4.78, 5) is 73.5. The average Bonchev–Trinajstić information content (AvgIpc) is 3.79. The van der Waals surface area contributed by atoms with Gasteiger partial charge in [0.25, 0.3) is 11.8 Å². The van der Waals surface area contributed by atoms with Crippen molar-refractivity contribution < 1.29 is 28.4 Å². The summed E-state index contributed by atoms with van der Waals surface area (Å²) in [5.74, 6) is -1.07. The van der Waals surface area contributed by atoms with Gasteiger partial charge in [-0.3, -0.25) is 49.0 Å². The number of hydrogen-bond donors (Lipinski definition) is 2. The molecule has 5 fully saturated rings. The number of piperazine rings is 1. The van der Waals surface area contributed by atoms with Gasteiger partial charge >= 0.3 is 0 Å². The predicted molar refractivity (Wildman–Crippen MR) is 221 cm³/mol. The Kier molecular flexibility index (Phi) is 9.69. The highest BCUT2D eigenvalue weighted by molar-refractivity contribution is 7.14. The minimum absolute atomic E-state index is 0.0152. The number of amides is 5. The molecule has 0 spiro atoms. The molecule has 4 unspecified atom stereocenters. The lowest BCUT2D eigenvalue weighted by Crippen LogP contribution is -2.69. The normalized spacial score (nSPS) is 25.5. The number of nitrogens with one attached hydrogen (secondary N) is 2. The van der Waals surface area contributed by atoms with E-state index in [1.165, 1.54) is 22.1 Å². The molecule has 4 aromatic rings. The summed E-state index contributed by atoms with van der Waals surface area (Å²) in [5.41, 5.74) is 3.76. The Hall–Kier alpha value is -5.03. The Morgan fingerprint density at radius 1 is 0.950 bits per heavy atom. The number of imide groups is 2. The predicted octanol–water partition coefficient (Wildman–Crippen LogP) is 4.77. The number of piperidine rings is 3. The van der Waals surface area contributed by atoms with Gasteiger partial charge in [-0.1, -0.05) is 23.7 Å². The lowest BCUT2D eigenvalue weighted by atomic mass is 9.85. The van der Waals surface area contributed by atoms with Crippen LogP contribution in [-0.2, 0) is 14.4 Å². The number of rotatable bonds is 7. The average molecular weight is 854 g/mol. The van der Waals surface area contributed by atoms with E-state index in [2.05, 4.69) is 44.1 Å². The number of thiophene rings is 1. The van der Waals surface area contributed by atoms with Gasteiger partial charge in [0.1, 0.15) is 22.7 Å². The number of hydrogen-bond acceptors (Lipinski definition) is 11. The van der Waals surface area contributed by atoms with Crippen molar-refractivity contribution in [3.63, 3.8) is 0 Å². The van der Waals surface area contributed by atoms with Crippen LogP contribution >= 0.6 is 22.9 Å². The molecule has 5 saturated heterocycles. The van der Waals surface area contributed by atoms with Crippen molar-refractivity contribution in [1.29, 1.82) is 0 Å². The zero-order chi connectivity index (χ0) is 41.7. The van der Waals surface area contributed by atoms with Crippen molar-refractivity contribution in [3.8, 4) is 5.00 Å². The number of aromatic nitrogens is 3. The highest BCUT2D eigenvalue weighted by atomic mass is 35.5. The minimum atomic E-state index is -1.10. The van der Waals surface area contributed by atoms with Crippen LogP contribution < -0.4 is 15.5 Å². The van der Waals surface area contributed by atoms with Gasteiger partial charge in [-0.2, -0.15) is 0 Å². The van der Waals surface area contributed by atoms with Crippen LogP contribution in [-0.4, -0.2) is 110 Å². The number of halogens is 2. The van der Waals surface area contributed by atoms with Crippen molar-refractivity contribution in [1.82, 2.24) is 40.1 Å². The zero-order valence-electron chi connectivity index (χ0n) is 33.5. The smallest absolute Gasteiger partial charge is 0.262 e. The molecule has 0 radical (unpaired) electrons. The lowest BCUT2D eigenvalue weighted by molar-refractivity contribution is -0.136. The summed E-state index contributed by atoms with van der Waals surface area (Å²) < 4.78 is 17.8. The third-order valence-corrected chi connectivity index (χ3v) is 15.0. The van der Waals surface area contributed by atoms with Gasteiger partial charge in [-0.15, -0.1) is 21.5 Å². The zero-order valence-corrected chi connectivity index (χ0v) is 35.1. The molecule has 17 heteroatoms. The first kappa shape index (κ1) is 39.1. The SMILES string of the molecule is Cc1sc2c(c1C)[C@H](c1ccc(Cl)cc1)NC(CC(=O)N1CCC(CN3CC4CC(C3)N4c3cc4c(cc3F)C(=O)N(C3CCC(=O)NC3=O)C4=O)CC1)c1nnc(C)n1-2. The Morgan fingerprint density at radius 3 is 2.35 bits per heavy atom. The molecule has 2 aromatic carbocycles. The fourth-order valence-electron chi connectivity index (χ4n) is 10.4. The third kappa shape index (κ3) is 6.45. The van der Waals surface area contributed by atoms with Crippen molar-refractivity contribution in [3.05, 3.63) is 91.6 Å². The second-order valence-electron chi connectivity index (χ2n) is 17.1. The fraction of sp³-hybridized carbons (Fsp3) is 0.465. The number of anilines is 1. The minimum Gasteiger partial charge on any atom is -0.360 e. The Bertz CT molecular complexity index is 2470. The van der Waals surface area contributed by atoms with E-state index in [4.69, 9.17) is 11.6 Å². The molecule has 0 aliphatic carbocycles. The monoisotopic (exact) mass is 853 g/mol. The van der Waals surface area contributed by atoms with Gasteiger partial charge in [0.2, 0.25) is 17.7 Å². The molecule has 7 aliphatic rings.